The zero-order valence-electron chi connectivity index (χ0n) is 11.6. The zero-order valence-corrected chi connectivity index (χ0v) is 12.4. The van der Waals surface area contributed by atoms with E-state index in [0.717, 1.165) is 24.3 Å². The van der Waals surface area contributed by atoms with Crippen molar-refractivity contribution in [2.24, 2.45) is 0 Å². The van der Waals surface area contributed by atoms with Crippen molar-refractivity contribution in [3.8, 4) is 5.75 Å². The maximum absolute atomic E-state index is 11.0. The Hall–Kier alpha value is -1.43. The molecule has 0 saturated carbocycles. The number of hydrogen-bond donors (Lipinski definition) is 1. The van der Waals surface area contributed by atoms with Gasteiger partial charge in [0.1, 0.15) is 0 Å². The number of anilines is 1. The number of thioether (sulfide) groups is 1. The molecule has 0 spiro atoms. The van der Waals surface area contributed by atoms with Crippen LogP contribution in [-0.2, 0) is 0 Å². The smallest absolute Gasteiger partial charge is 0.311 e. The Morgan fingerprint density at radius 2 is 2.40 bits per heavy atom. The van der Waals surface area contributed by atoms with E-state index in [1.807, 2.05) is 18.7 Å². The summed E-state index contributed by atoms with van der Waals surface area (Å²) < 4.78 is 5.49. The van der Waals surface area contributed by atoms with Crippen LogP contribution in [0.2, 0.25) is 0 Å². The molecule has 0 aromatic heterocycles. The first-order chi connectivity index (χ1) is 9.70. The van der Waals surface area contributed by atoms with E-state index in [-0.39, 0.29) is 5.69 Å². The van der Waals surface area contributed by atoms with E-state index in [0.29, 0.717) is 18.4 Å². The molecule has 0 aliphatic carbocycles. The number of nitro groups is 1. The zero-order chi connectivity index (χ0) is 14.4. The fourth-order valence-corrected chi connectivity index (χ4v) is 3.24. The molecule has 2 rings (SSSR count). The fraction of sp³-hybridized carbons (Fsp3) is 0.571. The van der Waals surface area contributed by atoms with Crippen LogP contribution in [0.1, 0.15) is 26.2 Å². The Morgan fingerprint density at radius 1 is 1.55 bits per heavy atom. The highest BCUT2D eigenvalue weighted by molar-refractivity contribution is 7.99. The lowest BCUT2D eigenvalue weighted by Gasteiger charge is -2.23. The van der Waals surface area contributed by atoms with Crippen LogP contribution in [-0.4, -0.2) is 29.1 Å². The largest absolute Gasteiger partial charge is 0.487 e. The van der Waals surface area contributed by atoms with Gasteiger partial charge in [0.2, 0.25) is 0 Å². The molecule has 1 heterocycles. The van der Waals surface area contributed by atoms with Crippen molar-refractivity contribution in [1.29, 1.82) is 0 Å². The summed E-state index contributed by atoms with van der Waals surface area (Å²) in [5, 5.41) is 14.4. The molecule has 1 aromatic rings. The maximum Gasteiger partial charge on any atom is 0.311 e. The molecule has 5 nitrogen and oxygen atoms in total. The first kappa shape index (κ1) is 15.0. The average Bonchev–Trinajstić information content (AvgIpc) is 2.46. The lowest BCUT2D eigenvalue weighted by Crippen LogP contribution is -2.25. The molecule has 1 aliphatic rings. The third-order valence-electron chi connectivity index (χ3n) is 3.15. The fourth-order valence-electron chi connectivity index (χ4n) is 2.17. The molecule has 0 bridgehead atoms. The van der Waals surface area contributed by atoms with Gasteiger partial charge in [-0.1, -0.05) is 6.92 Å². The second-order valence-electron chi connectivity index (χ2n) is 4.85. The Bertz CT molecular complexity index is 462. The minimum absolute atomic E-state index is 0.0296. The summed E-state index contributed by atoms with van der Waals surface area (Å²) in [6.45, 7) is 2.47. The Kier molecular flexibility index (Phi) is 5.52. The quantitative estimate of drug-likeness (QED) is 0.640. The second-order valence-corrected chi connectivity index (χ2v) is 6.00. The van der Waals surface area contributed by atoms with Gasteiger partial charge in [0, 0.05) is 29.6 Å². The molecule has 6 heteroatoms. The number of nitrogens with one attached hydrogen (secondary N) is 1. The predicted octanol–water partition coefficient (Wildman–Crippen LogP) is 3.69. The minimum Gasteiger partial charge on any atom is -0.487 e. The molecular formula is C14H20N2O3S. The molecule has 1 fully saturated rings. The van der Waals surface area contributed by atoms with Gasteiger partial charge >= 0.3 is 5.69 Å². The van der Waals surface area contributed by atoms with Gasteiger partial charge in [-0.25, -0.2) is 0 Å². The maximum atomic E-state index is 11.0. The van der Waals surface area contributed by atoms with E-state index in [1.165, 1.54) is 18.2 Å². The molecular weight excluding hydrogens is 276 g/mol. The first-order valence-corrected chi connectivity index (χ1v) is 8.11. The van der Waals surface area contributed by atoms with Crippen LogP contribution in [0.5, 0.6) is 5.75 Å². The van der Waals surface area contributed by atoms with Gasteiger partial charge in [0.15, 0.2) is 5.75 Å². The topological polar surface area (TPSA) is 64.4 Å². The summed E-state index contributed by atoms with van der Waals surface area (Å²) in [5.74, 6) is 2.66. The van der Waals surface area contributed by atoms with Crippen molar-refractivity contribution >= 4 is 23.1 Å². The lowest BCUT2D eigenvalue weighted by molar-refractivity contribution is -0.385. The Balaban J connectivity index is 2.10. The molecule has 1 N–H and O–H groups in total. The van der Waals surface area contributed by atoms with Crippen LogP contribution in [0.15, 0.2) is 18.2 Å². The third kappa shape index (κ3) is 4.03. The van der Waals surface area contributed by atoms with Gasteiger partial charge in [0.25, 0.3) is 0 Å². The van der Waals surface area contributed by atoms with E-state index in [9.17, 15) is 10.1 Å². The summed E-state index contributed by atoms with van der Waals surface area (Å²) in [6.07, 6.45) is 3.19. The summed E-state index contributed by atoms with van der Waals surface area (Å²) in [5.41, 5.74) is 0.927. The Morgan fingerprint density at radius 3 is 3.05 bits per heavy atom. The molecule has 1 unspecified atom stereocenters. The number of nitrogens with zero attached hydrogens (tertiary/aromatic N) is 1. The van der Waals surface area contributed by atoms with Crippen molar-refractivity contribution in [3.05, 3.63) is 28.3 Å². The number of nitro benzene ring substituents is 1. The van der Waals surface area contributed by atoms with Crippen molar-refractivity contribution in [3.63, 3.8) is 0 Å². The van der Waals surface area contributed by atoms with Crippen LogP contribution < -0.4 is 10.1 Å². The van der Waals surface area contributed by atoms with Crippen LogP contribution in [0, 0.1) is 10.1 Å². The second kappa shape index (κ2) is 7.38. The van der Waals surface area contributed by atoms with Gasteiger partial charge in [-0.05, 0) is 31.1 Å². The first-order valence-electron chi connectivity index (χ1n) is 6.96. The average molecular weight is 296 g/mol. The predicted molar refractivity (Wildman–Crippen MR) is 82.9 cm³/mol. The van der Waals surface area contributed by atoms with Crippen molar-refractivity contribution in [1.82, 2.24) is 0 Å². The number of benzene rings is 1. The molecule has 1 saturated heterocycles. The highest BCUT2D eigenvalue weighted by Crippen LogP contribution is 2.31. The van der Waals surface area contributed by atoms with Crippen molar-refractivity contribution < 1.29 is 9.66 Å². The third-order valence-corrected chi connectivity index (χ3v) is 4.36. The number of rotatable bonds is 6. The SMILES string of the molecule is CCCOc1cc(NC2CCCSC2)ccc1[N+](=O)[O-]. The van der Waals surface area contributed by atoms with E-state index in [2.05, 4.69) is 5.32 Å². The van der Waals surface area contributed by atoms with Gasteiger partial charge in [0.05, 0.1) is 11.5 Å². The molecule has 20 heavy (non-hydrogen) atoms. The summed E-state index contributed by atoms with van der Waals surface area (Å²) in [6, 6.07) is 5.46. The van der Waals surface area contributed by atoms with E-state index in [4.69, 9.17) is 4.74 Å². The van der Waals surface area contributed by atoms with Crippen LogP contribution in [0.4, 0.5) is 11.4 Å². The highest BCUT2D eigenvalue weighted by Gasteiger charge is 2.18. The summed E-state index contributed by atoms with van der Waals surface area (Å²) in [7, 11) is 0. The van der Waals surface area contributed by atoms with Crippen molar-refractivity contribution in [2.75, 3.05) is 23.4 Å². The molecule has 1 aromatic carbocycles. The van der Waals surface area contributed by atoms with Gasteiger partial charge < -0.3 is 10.1 Å². The normalized spacial score (nSPS) is 18.6. The summed E-state index contributed by atoms with van der Waals surface area (Å²) >= 11 is 1.95. The Labute approximate surface area is 123 Å². The number of hydrogen-bond acceptors (Lipinski definition) is 5. The standard InChI is InChI=1S/C14H20N2O3S/c1-2-7-19-14-9-11(5-6-13(14)16(17)18)15-12-4-3-8-20-10-12/h5-6,9,12,15H,2-4,7-8,10H2,1H3. The molecule has 1 aliphatic heterocycles. The van der Waals surface area contributed by atoms with Gasteiger partial charge in [-0.2, -0.15) is 11.8 Å². The van der Waals surface area contributed by atoms with E-state index in [1.54, 1.807) is 12.1 Å². The van der Waals surface area contributed by atoms with Crippen molar-refractivity contribution in [2.45, 2.75) is 32.2 Å². The molecule has 110 valence electrons. The van der Waals surface area contributed by atoms with E-state index >= 15 is 0 Å². The molecule has 0 radical (unpaired) electrons. The van der Waals surface area contributed by atoms with E-state index < -0.39 is 4.92 Å². The number of ether oxygens (including phenoxy) is 1. The summed E-state index contributed by atoms with van der Waals surface area (Å²) in [4.78, 5) is 10.6. The van der Waals surface area contributed by atoms with Gasteiger partial charge in [-0.15, -0.1) is 0 Å². The molecule has 1 atom stereocenters. The van der Waals surface area contributed by atoms with Crippen LogP contribution in [0.25, 0.3) is 0 Å². The van der Waals surface area contributed by atoms with Gasteiger partial charge in [-0.3, -0.25) is 10.1 Å². The monoisotopic (exact) mass is 296 g/mol. The minimum atomic E-state index is -0.398. The van der Waals surface area contributed by atoms with Crippen LogP contribution in [0.3, 0.4) is 0 Å². The molecule has 0 amide bonds. The lowest BCUT2D eigenvalue weighted by atomic mass is 10.1. The highest BCUT2D eigenvalue weighted by atomic mass is 32.2. The van der Waals surface area contributed by atoms with Crippen LogP contribution >= 0.6 is 11.8 Å².